The van der Waals surface area contributed by atoms with Gasteiger partial charge in [0.1, 0.15) is 6.10 Å². The van der Waals surface area contributed by atoms with Crippen LogP contribution in [0, 0.1) is 0 Å². The molecule has 0 saturated heterocycles. The van der Waals surface area contributed by atoms with Gasteiger partial charge in [-0.05, 0) is 12.1 Å². The molecule has 0 saturated carbocycles. The molecule has 0 aliphatic heterocycles. The van der Waals surface area contributed by atoms with E-state index in [0.717, 1.165) is 10.9 Å². The lowest BCUT2D eigenvalue weighted by atomic mass is 10.0. The van der Waals surface area contributed by atoms with Gasteiger partial charge in [0, 0.05) is 28.4 Å². The Morgan fingerprint density at radius 1 is 1.38 bits per heavy atom. The molecule has 2 unspecified atom stereocenters. The Labute approximate surface area is 103 Å². The van der Waals surface area contributed by atoms with Gasteiger partial charge in [-0.1, -0.05) is 17.7 Å². The van der Waals surface area contributed by atoms with Gasteiger partial charge in [-0.2, -0.15) is 12.6 Å². The Morgan fingerprint density at radius 2 is 2.12 bits per heavy atom. The lowest BCUT2D eigenvalue weighted by molar-refractivity contribution is 0.0347. The minimum absolute atomic E-state index is 0.193. The van der Waals surface area contributed by atoms with Gasteiger partial charge in [0.15, 0.2) is 0 Å². The van der Waals surface area contributed by atoms with Gasteiger partial charge >= 0.3 is 0 Å². The summed E-state index contributed by atoms with van der Waals surface area (Å²) >= 11 is 10.0. The Hall–Kier alpha value is -0.680. The molecule has 0 fully saturated rings. The number of aromatic amines is 1. The van der Waals surface area contributed by atoms with E-state index in [-0.39, 0.29) is 5.75 Å². The number of nitrogens with one attached hydrogen (secondary N) is 1. The zero-order valence-corrected chi connectivity index (χ0v) is 10.0. The van der Waals surface area contributed by atoms with Crippen LogP contribution < -0.4 is 0 Å². The van der Waals surface area contributed by atoms with Crippen LogP contribution in [-0.4, -0.2) is 27.1 Å². The third kappa shape index (κ3) is 1.94. The quantitative estimate of drug-likeness (QED) is 0.637. The minimum atomic E-state index is -0.980. The van der Waals surface area contributed by atoms with Gasteiger partial charge in [-0.3, -0.25) is 0 Å². The van der Waals surface area contributed by atoms with Gasteiger partial charge in [-0.25, -0.2) is 0 Å². The van der Waals surface area contributed by atoms with Crippen molar-refractivity contribution < 1.29 is 10.2 Å². The van der Waals surface area contributed by atoms with Crippen molar-refractivity contribution in [2.45, 2.75) is 12.2 Å². The van der Waals surface area contributed by atoms with Gasteiger partial charge in [0.25, 0.3) is 0 Å². The smallest absolute Gasteiger partial charge is 0.108 e. The molecule has 16 heavy (non-hydrogen) atoms. The number of hydrogen-bond acceptors (Lipinski definition) is 3. The second-order valence-electron chi connectivity index (χ2n) is 3.60. The topological polar surface area (TPSA) is 56.2 Å². The second-order valence-corrected chi connectivity index (χ2v) is 4.37. The average molecular weight is 258 g/mol. The molecule has 3 N–H and O–H groups in total. The Morgan fingerprint density at radius 3 is 2.81 bits per heavy atom. The van der Waals surface area contributed by atoms with Crippen LogP contribution >= 0.6 is 24.2 Å². The fraction of sp³-hybridized carbons (Fsp3) is 0.273. The normalized spacial score (nSPS) is 15.2. The van der Waals surface area contributed by atoms with E-state index < -0.39 is 12.2 Å². The van der Waals surface area contributed by atoms with E-state index in [1.807, 2.05) is 12.1 Å². The van der Waals surface area contributed by atoms with Crippen molar-refractivity contribution in [3.63, 3.8) is 0 Å². The van der Waals surface area contributed by atoms with Gasteiger partial charge in [-0.15, -0.1) is 0 Å². The van der Waals surface area contributed by atoms with Crippen LogP contribution in [0.25, 0.3) is 10.9 Å². The summed E-state index contributed by atoms with van der Waals surface area (Å²) in [5, 5.41) is 20.8. The van der Waals surface area contributed by atoms with Gasteiger partial charge < -0.3 is 15.2 Å². The SMILES string of the molecule is OC(CS)C(O)c1c[nH]c2cccc(Cl)c12. The second kappa shape index (κ2) is 4.67. The number of aliphatic hydroxyl groups excluding tert-OH is 2. The summed E-state index contributed by atoms with van der Waals surface area (Å²) < 4.78 is 0. The molecule has 0 radical (unpaired) electrons. The molecule has 86 valence electrons. The van der Waals surface area contributed by atoms with Crippen LogP contribution in [0.3, 0.4) is 0 Å². The Balaban J connectivity index is 2.53. The third-order valence-corrected chi connectivity index (χ3v) is 3.24. The molecule has 0 spiro atoms. The summed E-state index contributed by atoms with van der Waals surface area (Å²) in [5.74, 6) is 0.193. The van der Waals surface area contributed by atoms with Crippen LogP contribution in [0.1, 0.15) is 11.7 Å². The number of thiol groups is 1. The maximum Gasteiger partial charge on any atom is 0.108 e. The molecule has 2 atom stereocenters. The number of aromatic nitrogens is 1. The van der Waals surface area contributed by atoms with E-state index in [9.17, 15) is 10.2 Å². The van der Waals surface area contributed by atoms with Crippen LogP contribution in [-0.2, 0) is 0 Å². The molecule has 0 bridgehead atoms. The van der Waals surface area contributed by atoms with Crippen molar-refractivity contribution in [2.24, 2.45) is 0 Å². The van der Waals surface area contributed by atoms with Crippen molar-refractivity contribution in [1.82, 2.24) is 4.98 Å². The first-order valence-electron chi connectivity index (χ1n) is 4.87. The van der Waals surface area contributed by atoms with E-state index in [4.69, 9.17) is 11.6 Å². The number of halogens is 1. The highest BCUT2D eigenvalue weighted by atomic mass is 35.5. The van der Waals surface area contributed by atoms with E-state index in [2.05, 4.69) is 17.6 Å². The van der Waals surface area contributed by atoms with Crippen molar-refractivity contribution in [3.05, 3.63) is 35.0 Å². The molecule has 0 aliphatic carbocycles. The molecule has 2 rings (SSSR count). The predicted molar refractivity (Wildman–Crippen MR) is 68.1 cm³/mol. The first-order valence-corrected chi connectivity index (χ1v) is 5.88. The summed E-state index contributed by atoms with van der Waals surface area (Å²) in [6.07, 6.45) is -0.224. The highest BCUT2D eigenvalue weighted by Crippen LogP contribution is 2.31. The first-order chi connectivity index (χ1) is 7.65. The van der Waals surface area contributed by atoms with Crippen LogP contribution in [0.4, 0.5) is 0 Å². The summed E-state index contributed by atoms with van der Waals surface area (Å²) in [4.78, 5) is 3.01. The average Bonchev–Trinajstić information content (AvgIpc) is 2.72. The maximum atomic E-state index is 9.92. The van der Waals surface area contributed by atoms with E-state index in [1.54, 1.807) is 12.3 Å². The fourth-order valence-electron chi connectivity index (χ4n) is 1.71. The molecule has 0 aliphatic rings. The number of fused-ring (bicyclic) bond motifs is 1. The lowest BCUT2D eigenvalue weighted by Gasteiger charge is -2.15. The largest absolute Gasteiger partial charge is 0.389 e. The third-order valence-electron chi connectivity index (χ3n) is 2.56. The maximum absolute atomic E-state index is 9.92. The zero-order chi connectivity index (χ0) is 11.7. The number of hydrogen-bond donors (Lipinski definition) is 4. The summed E-state index contributed by atoms with van der Waals surface area (Å²) in [6, 6.07) is 5.44. The van der Waals surface area contributed by atoms with Crippen molar-refractivity contribution in [1.29, 1.82) is 0 Å². The number of rotatable bonds is 3. The standard InChI is InChI=1S/C11H12ClNO2S/c12-7-2-1-3-8-10(7)6(4-13-8)11(15)9(14)5-16/h1-4,9,11,13-16H,5H2. The molecular formula is C11H12ClNO2S. The van der Waals surface area contributed by atoms with E-state index in [1.165, 1.54) is 0 Å². The highest BCUT2D eigenvalue weighted by molar-refractivity contribution is 7.80. The monoisotopic (exact) mass is 257 g/mol. The molecule has 0 amide bonds. The van der Waals surface area contributed by atoms with E-state index in [0.29, 0.717) is 10.6 Å². The number of H-pyrrole nitrogens is 1. The van der Waals surface area contributed by atoms with Crippen molar-refractivity contribution >= 4 is 35.1 Å². The molecular weight excluding hydrogens is 246 g/mol. The Kier molecular flexibility index (Phi) is 3.44. The van der Waals surface area contributed by atoms with Crippen LogP contribution in [0.5, 0.6) is 0 Å². The number of aliphatic hydroxyl groups is 2. The van der Waals surface area contributed by atoms with Crippen molar-refractivity contribution in [2.75, 3.05) is 5.75 Å². The van der Waals surface area contributed by atoms with Crippen molar-refractivity contribution in [3.8, 4) is 0 Å². The first kappa shape index (κ1) is 11.8. The molecule has 5 heteroatoms. The molecule has 1 aromatic carbocycles. The van der Waals surface area contributed by atoms with Crippen LogP contribution in [0.2, 0.25) is 5.02 Å². The van der Waals surface area contributed by atoms with Crippen LogP contribution in [0.15, 0.2) is 24.4 Å². The summed E-state index contributed by atoms with van der Waals surface area (Å²) in [6.45, 7) is 0. The summed E-state index contributed by atoms with van der Waals surface area (Å²) in [5.41, 5.74) is 1.44. The summed E-state index contributed by atoms with van der Waals surface area (Å²) in [7, 11) is 0. The molecule has 2 aromatic rings. The molecule has 1 heterocycles. The molecule has 1 aromatic heterocycles. The minimum Gasteiger partial charge on any atom is -0.389 e. The van der Waals surface area contributed by atoms with E-state index >= 15 is 0 Å². The van der Waals surface area contributed by atoms with Gasteiger partial charge in [0.2, 0.25) is 0 Å². The molecule has 3 nitrogen and oxygen atoms in total. The lowest BCUT2D eigenvalue weighted by Crippen LogP contribution is -2.19. The number of benzene rings is 1. The highest BCUT2D eigenvalue weighted by Gasteiger charge is 2.21. The van der Waals surface area contributed by atoms with Gasteiger partial charge in [0.05, 0.1) is 11.1 Å². The Bertz CT molecular complexity index is 500. The zero-order valence-electron chi connectivity index (χ0n) is 8.39. The fourth-order valence-corrected chi connectivity index (χ4v) is 2.19. The predicted octanol–water partition coefficient (Wildman–Crippen LogP) is 2.15.